The summed E-state index contributed by atoms with van der Waals surface area (Å²) in [4.78, 5) is 0. The molecule has 1 aromatic carbocycles. The van der Waals surface area contributed by atoms with E-state index in [1.165, 1.54) is 0 Å². The quantitative estimate of drug-likeness (QED) is 0.782. The van der Waals surface area contributed by atoms with E-state index in [1.807, 2.05) is 18.2 Å². The number of furan rings is 1. The van der Waals surface area contributed by atoms with Crippen molar-refractivity contribution >= 4 is 24.3 Å². The summed E-state index contributed by atoms with van der Waals surface area (Å²) in [6, 6.07) is 8.98. The van der Waals surface area contributed by atoms with E-state index >= 15 is 0 Å². The number of ether oxygens (including phenoxy) is 1. The predicted octanol–water partition coefficient (Wildman–Crippen LogP) is 1.40. The Morgan fingerprint density at radius 2 is 2.11 bits per heavy atom. The van der Waals surface area contributed by atoms with Crippen molar-refractivity contribution < 1.29 is 19.2 Å². The number of hydrogen-bond acceptors (Lipinski definition) is 5. The van der Waals surface area contributed by atoms with Gasteiger partial charge in [-0.2, -0.15) is 0 Å². The molecule has 0 fully saturated rings. The first-order chi connectivity index (χ1) is 9.20. The van der Waals surface area contributed by atoms with E-state index in [-0.39, 0.29) is 0 Å². The minimum Gasteiger partial charge on any atom is -0.497 e. The SMILES string of the molecule is COc1ccc(B(O)O)c(CSCc2ccco2)c1. The van der Waals surface area contributed by atoms with Crippen molar-refractivity contribution in [3.63, 3.8) is 0 Å². The molecule has 0 bridgehead atoms. The Labute approximate surface area is 116 Å². The average Bonchev–Trinajstić information content (AvgIpc) is 2.91. The molecule has 0 spiro atoms. The molecule has 0 aliphatic heterocycles. The van der Waals surface area contributed by atoms with E-state index < -0.39 is 7.12 Å². The Morgan fingerprint density at radius 1 is 1.26 bits per heavy atom. The average molecular weight is 278 g/mol. The molecule has 0 aliphatic rings. The van der Waals surface area contributed by atoms with Gasteiger partial charge in [0.25, 0.3) is 0 Å². The van der Waals surface area contributed by atoms with E-state index in [2.05, 4.69) is 0 Å². The lowest BCUT2D eigenvalue weighted by Crippen LogP contribution is -2.32. The van der Waals surface area contributed by atoms with Gasteiger partial charge in [0.1, 0.15) is 11.5 Å². The predicted molar refractivity (Wildman–Crippen MR) is 76.5 cm³/mol. The Bertz CT molecular complexity index is 513. The molecule has 2 N–H and O–H groups in total. The molecule has 0 radical (unpaired) electrons. The summed E-state index contributed by atoms with van der Waals surface area (Å²) in [5.74, 6) is 3.01. The summed E-state index contributed by atoms with van der Waals surface area (Å²) in [7, 11) is 0.120. The Hall–Kier alpha value is -1.37. The van der Waals surface area contributed by atoms with Crippen molar-refractivity contribution in [3.8, 4) is 5.75 Å². The van der Waals surface area contributed by atoms with Crippen LogP contribution in [0.2, 0.25) is 0 Å². The maximum Gasteiger partial charge on any atom is 0.488 e. The van der Waals surface area contributed by atoms with Crippen LogP contribution in [-0.4, -0.2) is 24.3 Å². The largest absolute Gasteiger partial charge is 0.497 e. The fourth-order valence-corrected chi connectivity index (χ4v) is 2.68. The molecular formula is C13H15BO4S. The molecule has 0 atom stereocenters. The zero-order chi connectivity index (χ0) is 13.7. The van der Waals surface area contributed by atoms with E-state index in [0.717, 1.165) is 17.1 Å². The number of hydrogen-bond donors (Lipinski definition) is 2. The summed E-state index contributed by atoms with van der Waals surface area (Å²) in [5.41, 5.74) is 1.36. The number of thioether (sulfide) groups is 1. The smallest absolute Gasteiger partial charge is 0.488 e. The highest BCUT2D eigenvalue weighted by atomic mass is 32.2. The summed E-state index contributed by atoms with van der Waals surface area (Å²) in [6.07, 6.45) is 1.64. The molecule has 1 heterocycles. The molecule has 0 saturated heterocycles. The Kier molecular flexibility index (Phi) is 4.96. The van der Waals surface area contributed by atoms with Crippen molar-refractivity contribution in [2.75, 3.05) is 7.11 Å². The van der Waals surface area contributed by atoms with Crippen molar-refractivity contribution in [2.24, 2.45) is 0 Å². The van der Waals surface area contributed by atoms with Gasteiger partial charge in [-0.3, -0.25) is 0 Å². The number of methoxy groups -OCH3 is 1. The maximum absolute atomic E-state index is 9.34. The van der Waals surface area contributed by atoms with Gasteiger partial charge in [0.15, 0.2) is 0 Å². The van der Waals surface area contributed by atoms with Gasteiger partial charge in [-0.15, -0.1) is 11.8 Å². The van der Waals surface area contributed by atoms with Crippen LogP contribution in [0.1, 0.15) is 11.3 Å². The van der Waals surface area contributed by atoms with Gasteiger partial charge in [-0.25, -0.2) is 0 Å². The minimum absolute atomic E-state index is 0.507. The lowest BCUT2D eigenvalue weighted by molar-refractivity contribution is 0.413. The molecule has 0 aliphatic carbocycles. The van der Waals surface area contributed by atoms with E-state index in [4.69, 9.17) is 9.15 Å². The van der Waals surface area contributed by atoms with Gasteiger partial charge < -0.3 is 19.2 Å². The summed E-state index contributed by atoms with van der Waals surface area (Å²) in [5, 5.41) is 18.7. The second kappa shape index (κ2) is 6.70. The van der Waals surface area contributed by atoms with E-state index in [0.29, 0.717) is 17.0 Å². The molecule has 2 aromatic rings. The van der Waals surface area contributed by atoms with Crippen LogP contribution in [0.3, 0.4) is 0 Å². The Balaban J connectivity index is 2.04. The van der Waals surface area contributed by atoms with Crippen LogP contribution in [0, 0.1) is 0 Å². The first kappa shape index (κ1) is 14.1. The third kappa shape index (κ3) is 3.80. The molecule has 4 nitrogen and oxygen atoms in total. The monoisotopic (exact) mass is 278 g/mol. The fraction of sp³-hybridized carbons (Fsp3) is 0.231. The first-order valence-electron chi connectivity index (χ1n) is 5.84. The third-order valence-corrected chi connectivity index (χ3v) is 3.71. The standard InChI is InChI=1S/C13H15BO4S/c1-17-11-4-5-13(14(15)16)10(7-11)8-19-9-12-3-2-6-18-12/h2-7,15-16H,8-9H2,1H3. The van der Waals surface area contributed by atoms with Gasteiger partial charge >= 0.3 is 7.12 Å². The third-order valence-electron chi connectivity index (χ3n) is 2.71. The van der Waals surface area contributed by atoms with Gasteiger partial charge in [0, 0.05) is 5.75 Å². The second-order valence-corrected chi connectivity index (χ2v) is 5.00. The fourth-order valence-electron chi connectivity index (χ4n) is 1.74. The molecule has 0 unspecified atom stereocenters. The number of benzene rings is 1. The van der Waals surface area contributed by atoms with Crippen molar-refractivity contribution in [2.45, 2.75) is 11.5 Å². The van der Waals surface area contributed by atoms with Crippen molar-refractivity contribution in [1.29, 1.82) is 0 Å². The highest BCUT2D eigenvalue weighted by Crippen LogP contribution is 2.20. The van der Waals surface area contributed by atoms with Gasteiger partial charge in [0.05, 0.1) is 19.1 Å². The second-order valence-electron chi connectivity index (χ2n) is 4.01. The van der Waals surface area contributed by atoms with Gasteiger partial charge in [-0.1, -0.05) is 6.07 Å². The molecule has 6 heteroatoms. The van der Waals surface area contributed by atoms with Crippen LogP contribution in [0.25, 0.3) is 0 Å². The Morgan fingerprint density at radius 3 is 2.74 bits per heavy atom. The lowest BCUT2D eigenvalue weighted by Gasteiger charge is -2.10. The van der Waals surface area contributed by atoms with Crippen LogP contribution in [0.15, 0.2) is 41.0 Å². The van der Waals surface area contributed by atoms with Gasteiger partial charge in [0.2, 0.25) is 0 Å². The highest BCUT2D eigenvalue weighted by molar-refractivity contribution is 7.97. The summed E-state index contributed by atoms with van der Waals surface area (Å²) in [6.45, 7) is 0. The number of rotatable bonds is 6. The molecule has 19 heavy (non-hydrogen) atoms. The zero-order valence-electron chi connectivity index (χ0n) is 10.6. The topological polar surface area (TPSA) is 62.8 Å². The molecular weight excluding hydrogens is 263 g/mol. The van der Waals surface area contributed by atoms with Crippen LogP contribution in [0.4, 0.5) is 0 Å². The van der Waals surface area contributed by atoms with Gasteiger partial charge in [-0.05, 0) is 35.3 Å². The van der Waals surface area contributed by atoms with Crippen LogP contribution in [0.5, 0.6) is 5.75 Å². The van der Waals surface area contributed by atoms with Crippen LogP contribution < -0.4 is 10.2 Å². The minimum atomic E-state index is -1.47. The molecule has 0 saturated carbocycles. The maximum atomic E-state index is 9.34. The summed E-state index contributed by atoms with van der Waals surface area (Å²) >= 11 is 1.64. The van der Waals surface area contributed by atoms with Crippen LogP contribution in [-0.2, 0) is 11.5 Å². The van der Waals surface area contributed by atoms with Crippen molar-refractivity contribution in [3.05, 3.63) is 47.9 Å². The highest BCUT2D eigenvalue weighted by Gasteiger charge is 2.16. The molecule has 1 aromatic heterocycles. The molecule has 100 valence electrons. The first-order valence-corrected chi connectivity index (χ1v) is 6.99. The van der Waals surface area contributed by atoms with E-state index in [9.17, 15) is 10.0 Å². The van der Waals surface area contributed by atoms with E-state index in [1.54, 1.807) is 37.3 Å². The summed E-state index contributed by atoms with van der Waals surface area (Å²) < 4.78 is 10.4. The normalized spacial score (nSPS) is 10.5. The molecule has 0 amide bonds. The molecule has 2 rings (SSSR count). The zero-order valence-corrected chi connectivity index (χ0v) is 11.4. The van der Waals surface area contributed by atoms with Crippen molar-refractivity contribution in [1.82, 2.24) is 0 Å². The lowest BCUT2D eigenvalue weighted by atomic mass is 9.77. The van der Waals surface area contributed by atoms with Crippen LogP contribution >= 0.6 is 11.8 Å².